The summed E-state index contributed by atoms with van der Waals surface area (Å²) >= 11 is 0. The summed E-state index contributed by atoms with van der Waals surface area (Å²) in [5.74, 6) is 0.742. The van der Waals surface area contributed by atoms with E-state index < -0.39 is 0 Å². The van der Waals surface area contributed by atoms with Crippen LogP contribution in [0.3, 0.4) is 0 Å². The summed E-state index contributed by atoms with van der Waals surface area (Å²) in [5.41, 5.74) is 3.76. The third-order valence-corrected chi connectivity index (χ3v) is 7.37. The van der Waals surface area contributed by atoms with Gasteiger partial charge in [-0.25, -0.2) is 4.68 Å². The molecule has 1 aliphatic carbocycles. The van der Waals surface area contributed by atoms with Crippen molar-refractivity contribution in [3.05, 3.63) is 78.4 Å². The van der Waals surface area contributed by atoms with Gasteiger partial charge in [0.05, 0.1) is 5.69 Å². The maximum atomic E-state index is 4.41. The number of rotatable bonds is 8. The first-order valence-corrected chi connectivity index (χ1v) is 12.8. The summed E-state index contributed by atoms with van der Waals surface area (Å²) in [6.07, 6.45) is 17.5. The van der Waals surface area contributed by atoms with E-state index in [-0.39, 0.29) is 0 Å². The second kappa shape index (κ2) is 11.1. The van der Waals surface area contributed by atoms with E-state index in [1.807, 2.05) is 35.5 Å². The van der Waals surface area contributed by atoms with Gasteiger partial charge in [-0.3, -0.25) is 9.88 Å². The van der Waals surface area contributed by atoms with Crippen LogP contribution in [0, 0.1) is 5.92 Å². The van der Waals surface area contributed by atoms with Crippen LogP contribution in [0.4, 0.5) is 0 Å². The van der Waals surface area contributed by atoms with Gasteiger partial charge in [-0.1, -0.05) is 37.5 Å². The molecule has 5 rings (SSSR count). The molecule has 1 aromatic carbocycles. The van der Waals surface area contributed by atoms with Crippen LogP contribution in [0.25, 0.3) is 5.69 Å². The fourth-order valence-corrected chi connectivity index (χ4v) is 5.80. The molecule has 1 saturated heterocycles. The van der Waals surface area contributed by atoms with E-state index in [4.69, 9.17) is 0 Å². The molecule has 0 spiro atoms. The van der Waals surface area contributed by atoms with Gasteiger partial charge in [-0.05, 0) is 73.5 Å². The Morgan fingerprint density at radius 2 is 1.76 bits per heavy atom. The summed E-state index contributed by atoms with van der Waals surface area (Å²) in [6, 6.07) is 15.9. The average Bonchev–Trinajstić information content (AvgIpc) is 3.41. The predicted molar refractivity (Wildman–Crippen MR) is 133 cm³/mol. The van der Waals surface area contributed by atoms with E-state index >= 15 is 0 Å². The van der Waals surface area contributed by atoms with Crippen LogP contribution >= 0.6 is 0 Å². The SMILES string of the molecule is c1cncc(CN(Cc2cccc(-n3cccn3)c2)C[C@@H]2CCCN(C3CCCCC3)C2)c1. The first-order valence-electron chi connectivity index (χ1n) is 12.8. The second-order valence-electron chi connectivity index (χ2n) is 9.95. The highest BCUT2D eigenvalue weighted by Crippen LogP contribution is 2.28. The minimum Gasteiger partial charge on any atom is -0.300 e. The molecular formula is C28H37N5. The lowest BCUT2D eigenvalue weighted by atomic mass is 9.90. The van der Waals surface area contributed by atoms with Gasteiger partial charge >= 0.3 is 0 Å². The van der Waals surface area contributed by atoms with Crippen molar-refractivity contribution in [3.63, 3.8) is 0 Å². The summed E-state index contributed by atoms with van der Waals surface area (Å²) in [7, 11) is 0. The highest BCUT2D eigenvalue weighted by atomic mass is 15.3. The molecule has 3 aromatic rings. The Morgan fingerprint density at radius 1 is 0.879 bits per heavy atom. The minimum absolute atomic E-state index is 0.742. The Hall–Kier alpha value is -2.50. The van der Waals surface area contributed by atoms with Crippen LogP contribution in [0.1, 0.15) is 56.1 Å². The van der Waals surface area contributed by atoms with E-state index in [0.717, 1.165) is 37.3 Å². The molecule has 2 fully saturated rings. The number of hydrogen-bond donors (Lipinski definition) is 0. The fraction of sp³-hybridized carbons (Fsp3) is 0.500. The molecule has 2 aromatic heterocycles. The monoisotopic (exact) mass is 443 g/mol. The van der Waals surface area contributed by atoms with E-state index in [9.17, 15) is 0 Å². The van der Waals surface area contributed by atoms with Gasteiger partial charge in [0.2, 0.25) is 0 Å². The van der Waals surface area contributed by atoms with E-state index in [1.165, 1.54) is 69.2 Å². The predicted octanol–water partition coefficient (Wildman–Crippen LogP) is 5.31. The van der Waals surface area contributed by atoms with Crippen molar-refractivity contribution in [1.82, 2.24) is 24.6 Å². The number of hydrogen-bond acceptors (Lipinski definition) is 4. The number of benzene rings is 1. The van der Waals surface area contributed by atoms with Gasteiger partial charge in [0.1, 0.15) is 0 Å². The van der Waals surface area contributed by atoms with Crippen molar-refractivity contribution in [1.29, 1.82) is 0 Å². The molecule has 1 aliphatic heterocycles. The molecule has 0 radical (unpaired) electrons. The molecule has 2 aliphatic rings. The van der Waals surface area contributed by atoms with Crippen LogP contribution in [0.15, 0.2) is 67.3 Å². The lowest BCUT2D eigenvalue weighted by Gasteiger charge is -2.41. The Balaban J connectivity index is 1.29. The van der Waals surface area contributed by atoms with Crippen LogP contribution in [-0.4, -0.2) is 50.2 Å². The quantitative estimate of drug-likeness (QED) is 0.473. The molecule has 174 valence electrons. The molecule has 0 N–H and O–H groups in total. The van der Waals surface area contributed by atoms with E-state index in [1.54, 1.807) is 0 Å². The van der Waals surface area contributed by atoms with Crippen LogP contribution in [0.2, 0.25) is 0 Å². The lowest BCUT2D eigenvalue weighted by Crippen LogP contribution is -2.46. The Kier molecular flexibility index (Phi) is 7.49. The summed E-state index contributed by atoms with van der Waals surface area (Å²) in [4.78, 5) is 9.83. The van der Waals surface area contributed by atoms with Crippen LogP contribution < -0.4 is 0 Å². The van der Waals surface area contributed by atoms with Gasteiger partial charge in [0.25, 0.3) is 0 Å². The van der Waals surface area contributed by atoms with Gasteiger partial charge in [-0.2, -0.15) is 5.10 Å². The molecule has 5 heteroatoms. The number of nitrogens with zero attached hydrogens (tertiary/aromatic N) is 5. The average molecular weight is 444 g/mol. The summed E-state index contributed by atoms with van der Waals surface area (Å²) in [5, 5.41) is 4.41. The van der Waals surface area contributed by atoms with E-state index in [0.29, 0.717) is 0 Å². The highest BCUT2D eigenvalue weighted by Gasteiger charge is 2.28. The Labute approximate surface area is 198 Å². The first kappa shape index (κ1) is 22.3. The zero-order chi connectivity index (χ0) is 22.3. The maximum Gasteiger partial charge on any atom is 0.0648 e. The molecule has 3 heterocycles. The second-order valence-corrected chi connectivity index (χ2v) is 9.95. The standard InChI is InChI=1S/C28H37N5/c1-2-11-27(12-3-1)32-16-6-10-26(23-32)22-31(21-25-9-5-14-29-19-25)20-24-8-4-13-28(18-24)33-17-7-15-30-33/h4-5,7-9,13-15,17-19,26-27H,1-3,6,10-12,16,20-23H2/t26-/m0/s1. The number of aromatic nitrogens is 3. The van der Waals surface area contributed by atoms with Crippen molar-refractivity contribution in [2.45, 2.75) is 64.1 Å². The molecular weight excluding hydrogens is 406 g/mol. The van der Waals surface area contributed by atoms with Crippen molar-refractivity contribution >= 4 is 0 Å². The normalized spacial score (nSPS) is 20.3. The third-order valence-electron chi connectivity index (χ3n) is 7.37. The molecule has 0 unspecified atom stereocenters. The third kappa shape index (κ3) is 6.10. The smallest absolute Gasteiger partial charge is 0.0648 e. The Morgan fingerprint density at radius 3 is 2.58 bits per heavy atom. The lowest BCUT2D eigenvalue weighted by molar-refractivity contribution is 0.0771. The highest BCUT2D eigenvalue weighted by molar-refractivity contribution is 5.35. The van der Waals surface area contributed by atoms with Gasteiger partial charge in [0, 0.05) is 57.0 Å². The molecule has 5 nitrogen and oxygen atoms in total. The first-order chi connectivity index (χ1) is 16.3. The zero-order valence-corrected chi connectivity index (χ0v) is 19.7. The topological polar surface area (TPSA) is 37.2 Å². The minimum atomic E-state index is 0.742. The number of piperidine rings is 1. The van der Waals surface area contributed by atoms with Gasteiger partial charge in [-0.15, -0.1) is 0 Å². The maximum absolute atomic E-state index is 4.41. The fourth-order valence-electron chi connectivity index (χ4n) is 5.80. The van der Waals surface area contributed by atoms with Gasteiger partial charge < -0.3 is 4.90 Å². The van der Waals surface area contributed by atoms with E-state index in [2.05, 4.69) is 56.3 Å². The van der Waals surface area contributed by atoms with Crippen LogP contribution in [-0.2, 0) is 13.1 Å². The summed E-state index contributed by atoms with van der Waals surface area (Å²) in [6.45, 7) is 5.60. The van der Waals surface area contributed by atoms with Gasteiger partial charge in [0.15, 0.2) is 0 Å². The molecule has 0 bridgehead atoms. The molecule has 1 atom stereocenters. The number of pyridine rings is 1. The molecule has 0 amide bonds. The summed E-state index contributed by atoms with van der Waals surface area (Å²) < 4.78 is 1.94. The van der Waals surface area contributed by atoms with Crippen molar-refractivity contribution < 1.29 is 0 Å². The largest absolute Gasteiger partial charge is 0.300 e. The van der Waals surface area contributed by atoms with Crippen LogP contribution in [0.5, 0.6) is 0 Å². The Bertz CT molecular complexity index is 965. The van der Waals surface area contributed by atoms with Crippen molar-refractivity contribution in [2.24, 2.45) is 5.92 Å². The zero-order valence-electron chi connectivity index (χ0n) is 19.7. The number of likely N-dealkylation sites (tertiary alicyclic amines) is 1. The van der Waals surface area contributed by atoms with Crippen molar-refractivity contribution in [3.8, 4) is 5.69 Å². The molecule has 1 saturated carbocycles. The van der Waals surface area contributed by atoms with Crippen molar-refractivity contribution in [2.75, 3.05) is 19.6 Å². The molecule has 33 heavy (non-hydrogen) atoms.